The summed E-state index contributed by atoms with van der Waals surface area (Å²) in [4.78, 5) is 78.5. The number of thioether (sulfide) groups is 2. The van der Waals surface area contributed by atoms with Crippen molar-refractivity contribution >= 4 is 59.0 Å². The largest absolute Gasteiger partial charge is 0.481 e. The molecule has 0 unspecified atom stereocenters. The van der Waals surface area contributed by atoms with Gasteiger partial charge in [0.05, 0.1) is 22.1 Å². The molecular weight excluding hydrogens is 689 g/mol. The van der Waals surface area contributed by atoms with E-state index in [0.717, 1.165) is 33.4 Å². The number of aliphatic carboxylic acids is 1. The molecule has 11 nitrogen and oxygen atoms in total. The van der Waals surface area contributed by atoms with Crippen molar-refractivity contribution in [3.63, 3.8) is 0 Å². The molecule has 0 spiro atoms. The van der Waals surface area contributed by atoms with Crippen molar-refractivity contribution in [1.29, 1.82) is 0 Å². The Kier molecular flexibility index (Phi) is 13.9. The van der Waals surface area contributed by atoms with Crippen molar-refractivity contribution in [2.24, 2.45) is 5.41 Å². The summed E-state index contributed by atoms with van der Waals surface area (Å²) in [6, 6.07) is 22.7. The van der Waals surface area contributed by atoms with Gasteiger partial charge < -0.3 is 21.1 Å². The van der Waals surface area contributed by atoms with E-state index in [1.54, 1.807) is 24.3 Å². The highest BCUT2D eigenvalue weighted by molar-refractivity contribution is 8.01. The number of carbonyl (C=O) groups is 6. The van der Waals surface area contributed by atoms with Crippen LogP contribution in [0.5, 0.6) is 0 Å². The SMILES string of the molecule is CNC(=O)[C@@H](NC(=O)[C@H](CSCc1ccc(-c2ccccc2)cc1)NC(=O)[C@H](CCCN1C(=O)c2ccccc2C1=O)SCC(=O)O)C(C)(C)C. The zero-order valence-electron chi connectivity index (χ0n) is 29.1. The maximum Gasteiger partial charge on any atom is 0.313 e. The summed E-state index contributed by atoms with van der Waals surface area (Å²) in [7, 11) is 1.48. The van der Waals surface area contributed by atoms with Gasteiger partial charge in [-0.25, -0.2) is 0 Å². The van der Waals surface area contributed by atoms with Gasteiger partial charge in [0.25, 0.3) is 11.8 Å². The van der Waals surface area contributed by atoms with Crippen molar-refractivity contribution < 1.29 is 33.9 Å². The number of amides is 5. The summed E-state index contributed by atoms with van der Waals surface area (Å²) in [5.74, 6) is -3.06. The van der Waals surface area contributed by atoms with Crippen LogP contribution in [0.25, 0.3) is 11.1 Å². The van der Waals surface area contributed by atoms with Gasteiger partial charge in [0.1, 0.15) is 12.1 Å². The summed E-state index contributed by atoms with van der Waals surface area (Å²) >= 11 is 2.34. The third-order valence-electron chi connectivity index (χ3n) is 8.34. The third-order valence-corrected chi connectivity index (χ3v) is 10.7. The Morgan fingerprint density at radius 2 is 1.37 bits per heavy atom. The molecule has 0 aliphatic carbocycles. The Bertz CT molecular complexity index is 1690. The van der Waals surface area contributed by atoms with Gasteiger partial charge in [0.15, 0.2) is 0 Å². The number of benzene rings is 3. The number of nitrogens with one attached hydrogen (secondary N) is 3. The highest BCUT2D eigenvalue weighted by atomic mass is 32.2. The lowest BCUT2D eigenvalue weighted by molar-refractivity contribution is -0.134. The van der Waals surface area contributed by atoms with Gasteiger partial charge in [-0.05, 0) is 47.1 Å². The summed E-state index contributed by atoms with van der Waals surface area (Å²) < 4.78 is 0. The lowest BCUT2D eigenvalue weighted by atomic mass is 9.86. The fourth-order valence-electron chi connectivity index (χ4n) is 5.57. The number of nitrogens with zero attached hydrogens (tertiary/aromatic N) is 1. The predicted molar refractivity (Wildman–Crippen MR) is 200 cm³/mol. The van der Waals surface area contributed by atoms with Crippen LogP contribution in [0.15, 0.2) is 78.9 Å². The van der Waals surface area contributed by atoms with Crippen LogP contribution >= 0.6 is 23.5 Å². The second-order valence-corrected chi connectivity index (χ2v) is 15.4. The lowest BCUT2D eigenvalue weighted by Gasteiger charge is -2.31. The Morgan fingerprint density at radius 1 is 0.784 bits per heavy atom. The van der Waals surface area contributed by atoms with E-state index in [2.05, 4.69) is 16.0 Å². The normalized spacial score (nSPS) is 14.3. The number of hydrogen-bond donors (Lipinski definition) is 4. The molecule has 0 aromatic heterocycles. The van der Waals surface area contributed by atoms with Crippen LogP contribution in [-0.2, 0) is 24.9 Å². The first-order chi connectivity index (χ1) is 24.3. The Labute approximate surface area is 306 Å². The molecule has 5 amide bonds. The molecule has 51 heavy (non-hydrogen) atoms. The van der Waals surface area contributed by atoms with E-state index in [1.807, 2.05) is 75.4 Å². The molecule has 1 heterocycles. The molecular formula is C38H44N4O7S2. The Hall–Kier alpha value is -4.62. The zero-order chi connectivity index (χ0) is 37.1. The maximum absolute atomic E-state index is 13.8. The van der Waals surface area contributed by atoms with E-state index < -0.39 is 52.3 Å². The minimum absolute atomic E-state index is 0.0476. The van der Waals surface area contributed by atoms with Crippen LogP contribution in [0.1, 0.15) is 59.9 Å². The molecule has 0 bridgehead atoms. The van der Waals surface area contributed by atoms with E-state index in [0.29, 0.717) is 16.9 Å². The number of likely N-dealkylation sites (N-methyl/N-ethyl adjacent to an activating group) is 1. The van der Waals surface area contributed by atoms with E-state index in [1.165, 1.54) is 18.8 Å². The van der Waals surface area contributed by atoms with Gasteiger partial charge in [-0.15, -0.1) is 11.8 Å². The number of imide groups is 1. The van der Waals surface area contributed by atoms with Gasteiger partial charge in [0.2, 0.25) is 17.7 Å². The molecule has 1 aliphatic rings. The highest BCUT2D eigenvalue weighted by Gasteiger charge is 2.37. The summed E-state index contributed by atoms with van der Waals surface area (Å²) in [5.41, 5.74) is 3.19. The highest BCUT2D eigenvalue weighted by Crippen LogP contribution is 2.26. The van der Waals surface area contributed by atoms with Gasteiger partial charge >= 0.3 is 5.97 Å². The van der Waals surface area contributed by atoms with Crippen LogP contribution in [-0.4, -0.2) is 87.9 Å². The fourth-order valence-corrected chi connectivity index (χ4v) is 7.48. The zero-order valence-corrected chi connectivity index (χ0v) is 30.8. The number of carboxylic acid groups (broad SMARTS) is 1. The number of carboxylic acids is 1. The fraction of sp³-hybridized carbons (Fsp3) is 0.368. The number of fused-ring (bicyclic) bond motifs is 1. The monoisotopic (exact) mass is 732 g/mol. The number of hydrogen-bond acceptors (Lipinski definition) is 8. The van der Waals surface area contributed by atoms with Crippen LogP contribution in [0, 0.1) is 5.41 Å². The quantitative estimate of drug-likeness (QED) is 0.145. The average Bonchev–Trinajstić information content (AvgIpc) is 3.35. The summed E-state index contributed by atoms with van der Waals surface area (Å²) in [6.45, 7) is 5.51. The molecule has 0 saturated heterocycles. The molecule has 0 radical (unpaired) electrons. The van der Waals surface area contributed by atoms with Crippen molar-refractivity contribution in [2.75, 3.05) is 25.1 Å². The first-order valence-electron chi connectivity index (χ1n) is 16.6. The standard InChI is InChI=1S/C38H44N4O7S2/c1-38(2,3)32(35(47)39-4)41-33(45)29(22-50-21-24-16-18-26(19-17-24)25-11-6-5-7-12-25)40-34(46)30(51-23-31(43)44)15-10-20-42-36(48)27-13-8-9-14-28(27)37(42)49/h5-9,11-14,16-19,29-30,32H,10,15,20-23H2,1-4H3,(H,39,47)(H,40,46)(H,41,45)(H,43,44)/t29-,30-,32+/m0/s1. The van der Waals surface area contributed by atoms with Gasteiger partial charge in [-0.3, -0.25) is 33.7 Å². The Balaban J connectivity index is 1.46. The van der Waals surface area contributed by atoms with Crippen LogP contribution in [0.4, 0.5) is 0 Å². The molecule has 4 rings (SSSR count). The number of carbonyl (C=O) groups excluding carboxylic acids is 5. The molecule has 1 aliphatic heterocycles. The Morgan fingerprint density at radius 3 is 1.94 bits per heavy atom. The molecule has 13 heteroatoms. The van der Waals surface area contributed by atoms with Gasteiger partial charge in [0, 0.05) is 25.1 Å². The summed E-state index contributed by atoms with van der Waals surface area (Å²) in [6.07, 6.45) is 0.388. The van der Waals surface area contributed by atoms with E-state index in [4.69, 9.17) is 0 Å². The van der Waals surface area contributed by atoms with Crippen LogP contribution < -0.4 is 16.0 Å². The van der Waals surface area contributed by atoms with Crippen LogP contribution in [0.3, 0.4) is 0 Å². The smallest absolute Gasteiger partial charge is 0.313 e. The second kappa shape index (κ2) is 18.0. The molecule has 0 saturated carbocycles. The predicted octanol–water partition coefficient (Wildman–Crippen LogP) is 4.61. The second-order valence-electron chi connectivity index (χ2n) is 13.2. The van der Waals surface area contributed by atoms with E-state index in [-0.39, 0.29) is 36.8 Å². The summed E-state index contributed by atoms with van der Waals surface area (Å²) in [5, 5.41) is 16.7. The van der Waals surface area contributed by atoms with E-state index >= 15 is 0 Å². The minimum Gasteiger partial charge on any atom is -0.481 e. The minimum atomic E-state index is -1.11. The van der Waals surface area contributed by atoms with Crippen molar-refractivity contribution in [2.45, 2.75) is 56.7 Å². The molecule has 3 aromatic rings. The average molecular weight is 733 g/mol. The van der Waals surface area contributed by atoms with Crippen molar-refractivity contribution in [1.82, 2.24) is 20.9 Å². The molecule has 3 atom stereocenters. The molecule has 3 aromatic carbocycles. The van der Waals surface area contributed by atoms with E-state index in [9.17, 15) is 33.9 Å². The van der Waals surface area contributed by atoms with Crippen molar-refractivity contribution in [3.05, 3.63) is 95.6 Å². The molecule has 270 valence electrons. The maximum atomic E-state index is 13.8. The molecule has 0 fully saturated rings. The lowest BCUT2D eigenvalue weighted by Crippen LogP contribution is -2.58. The first-order valence-corrected chi connectivity index (χ1v) is 18.8. The van der Waals surface area contributed by atoms with Gasteiger partial charge in [-0.2, -0.15) is 11.8 Å². The molecule has 4 N–H and O–H groups in total. The van der Waals surface area contributed by atoms with Gasteiger partial charge in [-0.1, -0.05) is 87.5 Å². The first kappa shape index (κ1) is 39.2. The third kappa shape index (κ3) is 10.7. The van der Waals surface area contributed by atoms with Crippen LogP contribution in [0.2, 0.25) is 0 Å². The van der Waals surface area contributed by atoms with Crippen molar-refractivity contribution in [3.8, 4) is 11.1 Å². The topological polar surface area (TPSA) is 162 Å². The number of rotatable bonds is 17.